The molecule has 0 aliphatic rings. The molecule has 0 unspecified atom stereocenters. The van der Waals surface area contributed by atoms with Crippen molar-refractivity contribution >= 4 is 26.3 Å². The molecule has 0 bridgehead atoms. The van der Waals surface area contributed by atoms with Crippen molar-refractivity contribution in [3.63, 3.8) is 0 Å². The molecular formula is C13H10N2O6S2. The SMILES string of the molecule is [N-]=[N+]=C(OS(=O)(=O)c1ccccc1)OS(=O)(=O)c1ccccc1. The van der Waals surface area contributed by atoms with E-state index < -0.39 is 26.3 Å². The van der Waals surface area contributed by atoms with E-state index in [4.69, 9.17) is 5.53 Å². The Bertz CT molecular complexity index is 861. The third-order valence-electron chi connectivity index (χ3n) is 2.51. The molecule has 2 rings (SSSR count). The van der Waals surface area contributed by atoms with E-state index in [1.54, 1.807) is 12.1 Å². The fourth-order valence-corrected chi connectivity index (χ4v) is 3.23. The van der Waals surface area contributed by atoms with E-state index in [0.29, 0.717) is 0 Å². The number of rotatable bonds is 4. The molecule has 10 heteroatoms. The van der Waals surface area contributed by atoms with Crippen LogP contribution in [0.4, 0.5) is 0 Å². The maximum atomic E-state index is 11.9. The zero-order valence-electron chi connectivity index (χ0n) is 11.4. The van der Waals surface area contributed by atoms with Gasteiger partial charge in [-0.1, -0.05) is 41.2 Å². The molecule has 0 amide bonds. The van der Waals surface area contributed by atoms with Crippen LogP contribution in [-0.4, -0.2) is 27.7 Å². The third kappa shape index (κ3) is 4.16. The topological polar surface area (TPSA) is 123 Å². The van der Waals surface area contributed by atoms with Gasteiger partial charge in [0.15, 0.2) is 0 Å². The minimum absolute atomic E-state index is 0.262. The molecule has 0 N–H and O–H groups in total. The van der Waals surface area contributed by atoms with E-state index in [9.17, 15) is 16.8 Å². The van der Waals surface area contributed by atoms with E-state index in [-0.39, 0.29) is 9.79 Å². The Morgan fingerprint density at radius 3 is 1.39 bits per heavy atom. The molecule has 0 saturated heterocycles. The molecule has 0 radical (unpaired) electrons. The summed E-state index contributed by atoms with van der Waals surface area (Å²) in [6.07, 6.45) is -1.34. The standard InChI is InChI=1S/C13H10N2O6S2/c14-15-13(20-22(16,17)11-7-3-1-4-8-11)21-23(18,19)12-9-5-2-6-10-12/h1-10H. The van der Waals surface area contributed by atoms with Crippen LogP contribution in [0.3, 0.4) is 0 Å². The Labute approximate surface area is 132 Å². The van der Waals surface area contributed by atoms with Gasteiger partial charge in [0.25, 0.3) is 0 Å². The third-order valence-corrected chi connectivity index (χ3v) is 4.93. The van der Waals surface area contributed by atoms with Crippen LogP contribution in [0.15, 0.2) is 70.5 Å². The van der Waals surface area contributed by atoms with Crippen LogP contribution >= 0.6 is 0 Å². The maximum Gasteiger partial charge on any atom is 0.699 e. The van der Waals surface area contributed by atoms with Crippen molar-refractivity contribution in [1.29, 1.82) is 0 Å². The lowest BCUT2D eigenvalue weighted by Crippen LogP contribution is -2.21. The first-order valence-corrected chi connectivity index (χ1v) is 8.88. The van der Waals surface area contributed by atoms with E-state index in [1.807, 2.05) is 0 Å². The van der Waals surface area contributed by atoms with Crippen molar-refractivity contribution in [2.75, 3.05) is 0 Å². The van der Waals surface area contributed by atoms with Crippen molar-refractivity contribution in [3.8, 4) is 0 Å². The molecule has 0 spiro atoms. The average molecular weight is 354 g/mol. The van der Waals surface area contributed by atoms with Gasteiger partial charge in [-0.05, 0) is 24.3 Å². The fourth-order valence-electron chi connectivity index (χ4n) is 1.51. The smallest absolute Gasteiger partial charge is 0.353 e. The Hall–Kier alpha value is -2.68. The first-order chi connectivity index (χ1) is 10.8. The number of hydrogen-bond donors (Lipinski definition) is 0. The van der Waals surface area contributed by atoms with Crippen LogP contribution in [0.5, 0.6) is 0 Å². The van der Waals surface area contributed by atoms with Gasteiger partial charge >= 0.3 is 26.3 Å². The molecule has 0 fully saturated rings. The Morgan fingerprint density at radius 1 is 0.739 bits per heavy atom. The van der Waals surface area contributed by atoms with Crippen molar-refractivity contribution in [3.05, 3.63) is 66.2 Å². The number of benzene rings is 2. The minimum atomic E-state index is -4.41. The second kappa shape index (κ2) is 6.61. The molecule has 0 aliphatic heterocycles. The summed E-state index contributed by atoms with van der Waals surface area (Å²) in [5.41, 5.74) is 8.76. The summed E-state index contributed by atoms with van der Waals surface area (Å²) >= 11 is 0. The molecule has 2 aromatic rings. The molecule has 0 aromatic heterocycles. The zero-order chi connectivity index (χ0) is 16.9. The van der Waals surface area contributed by atoms with E-state index >= 15 is 0 Å². The van der Waals surface area contributed by atoms with Gasteiger partial charge in [-0.15, -0.1) is 0 Å². The molecule has 0 aliphatic carbocycles. The predicted molar refractivity (Wildman–Crippen MR) is 78.1 cm³/mol. The van der Waals surface area contributed by atoms with Gasteiger partial charge in [-0.3, -0.25) is 8.37 Å². The highest BCUT2D eigenvalue weighted by atomic mass is 32.2. The van der Waals surface area contributed by atoms with Crippen LogP contribution in [0.25, 0.3) is 5.53 Å². The summed E-state index contributed by atoms with van der Waals surface area (Å²) in [4.78, 5) is 1.90. The lowest BCUT2D eigenvalue weighted by molar-refractivity contribution is -0.0524. The lowest BCUT2D eigenvalue weighted by Gasteiger charge is -2.04. The summed E-state index contributed by atoms with van der Waals surface area (Å²) in [5, 5.41) is 0. The summed E-state index contributed by atoms with van der Waals surface area (Å²) in [6, 6.07) is 13.8. The van der Waals surface area contributed by atoms with Crippen molar-refractivity contribution in [2.24, 2.45) is 0 Å². The summed E-state index contributed by atoms with van der Waals surface area (Å²) < 4.78 is 56.5. The Kier molecular flexibility index (Phi) is 4.80. The quantitative estimate of drug-likeness (QED) is 0.269. The van der Waals surface area contributed by atoms with Crippen LogP contribution in [-0.2, 0) is 28.6 Å². The number of nitrogens with zero attached hydrogens (tertiary/aromatic N) is 2. The molecule has 0 heterocycles. The van der Waals surface area contributed by atoms with E-state index in [1.165, 1.54) is 48.5 Å². The summed E-state index contributed by atoms with van der Waals surface area (Å²) in [7, 11) is -8.81. The Balaban J connectivity index is 2.24. The molecule has 0 atom stereocenters. The van der Waals surface area contributed by atoms with Crippen LogP contribution in [0, 0.1) is 0 Å². The molecule has 23 heavy (non-hydrogen) atoms. The van der Waals surface area contributed by atoms with Gasteiger partial charge in [0.2, 0.25) is 0 Å². The van der Waals surface area contributed by atoms with Gasteiger partial charge in [-0.25, -0.2) is 0 Å². The molecule has 120 valence electrons. The summed E-state index contributed by atoms with van der Waals surface area (Å²) in [5.74, 6) is 0. The zero-order valence-corrected chi connectivity index (χ0v) is 13.1. The van der Waals surface area contributed by atoms with E-state index in [2.05, 4.69) is 13.2 Å². The highest BCUT2D eigenvalue weighted by molar-refractivity contribution is 7.88. The minimum Gasteiger partial charge on any atom is -0.353 e. The van der Waals surface area contributed by atoms with Crippen molar-refractivity contribution in [2.45, 2.75) is 9.79 Å². The van der Waals surface area contributed by atoms with Gasteiger partial charge in [-0.2, -0.15) is 16.8 Å². The lowest BCUT2D eigenvalue weighted by atomic mass is 10.4. The molecular weight excluding hydrogens is 344 g/mol. The second-order valence-corrected chi connectivity index (χ2v) is 7.16. The van der Waals surface area contributed by atoms with Crippen LogP contribution in [0.2, 0.25) is 0 Å². The highest BCUT2D eigenvalue weighted by Gasteiger charge is 2.31. The normalized spacial score (nSPS) is 11.3. The van der Waals surface area contributed by atoms with Gasteiger partial charge < -0.3 is 5.53 Å². The molecule has 0 saturated carbocycles. The van der Waals surface area contributed by atoms with Crippen molar-refractivity contribution in [1.82, 2.24) is 0 Å². The molecule has 2 aromatic carbocycles. The second-order valence-electron chi connectivity index (χ2n) is 4.07. The van der Waals surface area contributed by atoms with Crippen LogP contribution in [0.1, 0.15) is 0 Å². The monoisotopic (exact) mass is 354 g/mol. The largest absolute Gasteiger partial charge is 0.699 e. The molecule has 8 nitrogen and oxygen atoms in total. The summed E-state index contributed by atoms with van der Waals surface area (Å²) in [6.45, 7) is 0. The van der Waals surface area contributed by atoms with Gasteiger partial charge in [0.05, 0.1) is 0 Å². The average Bonchev–Trinajstić information content (AvgIpc) is 2.55. The van der Waals surface area contributed by atoms with Crippen LogP contribution < -0.4 is 0 Å². The van der Waals surface area contributed by atoms with E-state index in [0.717, 1.165) is 0 Å². The Morgan fingerprint density at radius 2 is 1.09 bits per heavy atom. The van der Waals surface area contributed by atoms with Gasteiger partial charge in [0.1, 0.15) is 9.79 Å². The number of hydrogen-bond acceptors (Lipinski definition) is 6. The first kappa shape index (κ1) is 16.7. The first-order valence-electron chi connectivity index (χ1n) is 6.06. The van der Waals surface area contributed by atoms with Gasteiger partial charge in [0, 0.05) is 0 Å². The fraction of sp³-hybridized carbons (Fsp3) is 0. The highest BCUT2D eigenvalue weighted by Crippen LogP contribution is 2.15. The maximum absolute atomic E-state index is 11.9. The van der Waals surface area contributed by atoms with Crippen molar-refractivity contribution < 1.29 is 30.0 Å². The predicted octanol–water partition coefficient (Wildman–Crippen LogP) is 1.38.